The first kappa shape index (κ1) is 21.0. The van der Waals surface area contributed by atoms with E-state index in [2.05, 4.69) is 34.3 Å². The number of piperazine rings is 1. The molecule has 0 radical (unpaired) electrons. The molecular formula is C25H28N4O2. The van der Waals surface area contributed by atoms with Crippen LogP contribution in [-0.4, -0.2) is 58.2 Å². The Labute approximate surface area is 182 Å². The monoisotopic (exact) mass is 416 g/mol. The van der Waals surface area contributed by atoms with Gasteiger partial charge in [0.1, 0.15) is 5.69 Å². The Balaban J connectivity index is 1.35. The van der Waals surface area contributed by atoms with Gasteiger partial charge in [-0.15, -0.1) is 0 Å². The third kappa shape index (κ3) is 5.47. The van der Waals surface area contributed by atoms with Crippen LogP contribution in [0.5, 0.6) is 0 Å². The summed E-state index contributed by atoms with van der Waals surface area (Å²) in [6.07, 6.45) is 1.01. The highest BCUT2D eigenvalue weighted by Gasteiger charge is 2.23. The average molecular weight is 417 g/mol. The topological polar surface area (TPSA) is 58.4 Å². The average Bonchev–Trinajstić information content (AvgIpc) is 2.81. The lowest BCUT2D eigenvalue weighted by molar-refractivity contribution is 0.0630. The van der Waals surface area contributed by atoms with Crippen molar-refractivity contribution in [1.29, 1.82) is 0 Å². The molecule has 0 spiro atoms. The Bertz CT molecular complexity index is 1070. The van der Waals surface area contributed by atoms with Crippen LogP contribution in [-0.2, 0) is 13.0 Å². The number of benzene rings is 2. The molecule has 0 atom stereocenters. The Morgan fingerprint density at radius 1 is 0.871 bits per heavy atom. The first-order chi connectivity index (χ1) is 15.1. The number of hydrogen-bond acceptors (Lipinski definition) is 4. The van der Waals surface area contributed by atoms with Crippen LogP contribution in [0.3, 0.4) is 0 Å². The summed E-state index contributed by atoms with van der Waals surface area (Å²) in [4.78, 5) is 29.4. The molecule has 2 aromatic carbocycles. The lowest BCUT2D eigenvalue weighted by atomic mass is 10.1. The third-order valence-electron chi connectivity index (χ3n) is 5.76. The molecule has 1 saturated heterocycles. The number of aromatic nitrogens is 2. The Morgan fingerprint density at radius 2 is 1.58 bits per heavy atom. The smallest absolute Gasteiger partial charge is 0.274 e. The fourth-order valence-corrected chi connectivity index (χ4v) is 3.81. The molecule has 0 bridgehead atoms. The zero-order valence-electron chi connectivity index (χ0n) is 17.9. The van der Waals surface area contributed by atoms with Crippen molar-refractivity contribution in [3.8, 4) is 0 Å². The van der Waals surface area contributed by atoms with E-state index < -0.39 is 0 Å². The lowest BCUT2D eigenvalue weighted by Gasteiger charge is -2.34. The highest BCUT2D eigenvalue weighted by molar-refractivity contribution is 5.92. The number of rotatable bonds is 6. The summed E-state index contributed by atoms with van der Waals surface area (Å²) in [6, 6.07) is 21.4. The molecule has 6 nitrogen and oxygen atoms in total. The van der Waals surface area contributed by atoms with Crippen LogP contribution in [0.4, 0.5) is 0 Å². The van der Waals surface area contributed by atoms with Gasteiger partial charge in [-0.05, 0) is 30.5 Å². The highest BCUT2D eigenvalue weighted by Crippen LogP contribution is 2.09. The van der Waals surface area contributed by atoms with Gasteiger partial charge in [0.2, 0.25) is 0 Å². The summed E-state index contributed by atoms with van der Waals surface area (Å²) in [5.74, 6) is -0.111. The van der Waals surface area contributed by atoms with E-state index in [1.165, 1.54) is 22.4 Å². The number of carbonyl (C=O) groups is 1. The van der Waals surface area contributed by atoms with E-state index in [-0.39, 0.29) is 11.5 Å². The molecule has 1 aliphatic rings. The van der Waals surface area contributed by atoms with Crippen molar-refractivity contribution in [1.82, 2.24) is 19.6 Å². The minimum atomic E-state index is -0.206. The van der Waals surface area contributed by atoms with Crippen molar-refractivity contribution in [3.63, 3.8) is 0 Å². The fraction of sp³-hybridized carbons (Fsp3) is 0.320. The molecule has 31 heavy (non-hydrogen) atoms. The maximum Gasteiger partial charge on any atom is 0.274 e. The molecule has 1 aliphatic heterocycles. The number of carbonyl (C=O) groups excluding carboxylic acids is 1. The van der Waals surface area contributed by atoms with Crippen LogP contribution >= 0.6 is 0 Å². The van der Waals surface area contributed by atoms with E-state index in [1.54, 1.807) is 0 Å². The van der Waals surface area contributed by atoms with Gasteiger partial charge in [-0.2, -0.15) is 5.10 Å². The van der Waals surface area contributed by atoms with Gasteiger partial charge in [0, 0.05) is 38.8 Å². The minimum Gasteiger partial charge on any atom is -0.335 e. The van der Waals surface area contributed by atoms with Gasteiger partial charge in [-0.1, -0.05) is 60.2 Å². The molecule has 0 saturated carbocycles. The Hall–Kier alpha value is -3.25. The molecule has 2 heterocycles. The zero-order valence-corrected chi connectivity index (χ0v) is 17.9. The molecule has 1 fully saturated rings. The molecule has 3 aromatic rings. The minimum absolute atomic E-state index is 0.111. The van der Waals surface area contributed by atoms with Gasteiger partial charge in [0.25, 0.3) is 11.5 Å². The Morgan fingerprint density at radius 3 is 2.29 bits per heavy atom. The maximum absolute atomic E-state index is 13.0. The molecule has 0 aliphatic carbocycles. The van der Waals surface area contributed by atoms with Crippen molar-refractivity contribution < 1.29 is 4.79 Å². The molecule has 1 aromatic heterocycles. The van der Waals surface area contributed by atoms with Crippen LogP contribution in [0.1, 0.15) is 27.2 Å². The first-order valence-corrected chi connectivity index (χ1v) is 10.8. The van der Waals surface area contributed by atoms with E-state index >= 15 is 0 Å². The second-order valence-corrected chi connectivity index (χ2v) is 8.07. The fourth-order valence-electron chi connectivity index (χ4n) is 3.81. The molecule has 0 unspecified atom stereocenters. The van der Waals surface area contributed by atoms with Gasteiger partial charge >= 0.3 is 0 Å². The van der Waals surface area contributed by atoms with Crippen molar-refractivity contribution in [2.24, 2.45) is 0 Å². The molecule has 6 heteroatoms. The molecule has 0 N–H and O–H groups in total. The van der Waals surface area contributed by atoms with E-state index in [9.17, 15) is 9.59 Å². The largest absolute Gasteiger partial charge is 0.335 e. The SMILES string of the molecule is Cc1ccc(Cn2nc(C(=O)N3CCN(CCc4ccccc4)CC3)ccc2=O)cc1. The number of hydrogen-bond donors (Lipinski definition) is 0. The first-order valence-electron chi connectivity index (χ1n) is 10.8. The van der Waals surface area contributed by atoms with Crippen LogP contribution in [0.25, 0.3) is 0 Å². The second-order valence-electron chi connectivity index (χ2n) is 8.07. The predicted molar refractivity (Wildman–Crippen MR) is 121 cm³/mol. The van der Waals surface area contributed by atoms with Crippen LogP contribution < -0.4 is 5.56 Å². The summed E-state index contributed by atoms with van der Waals surface area (Å²) < 4.78 is 1.37. The van der Waals surface area contributed by atoms with Crippen LogP contribution in [0.15, 0.2) is 71.5 Å². The van der Waals surface area contributed by atoms with Crippen molar-refractivity contribution in [2.75, 3.05) is 32.7 Å². The summed E-state index contributed by atoms with van der Waals surface area (Å²) in [6.45, 7) is 6.41. The van der Waals surface area contributed by atoms with E-state index in [4.69, 9.17) is 0 Å². The highest BCUT2D eigenvalue weighted by atomic mass is 16.2. The van der Waals surface area contributed by atoms with Crippen molar-refractivity contribution >= 4 is 5.91 Å². The summed E-state index contributed by atoms with van der Waals surface area (Å²) >= 11 is 0. The molecule has 4 rings (SSSR count). The van der Waals surface area contributed by atoms with Gasteiger partial charge in [-0.25, -0.2) is 4.68 Å². The normalized spacial score (nSPS) is 14.5. The summed E-state index contributed by atoms with van der Waals surface area (Å²) in [7, 11) is 0. The van der Waals surface area contributed by atoms with Crippen LogP contribution in [0, 0.1) is 6.92 Å². The van der Waals surface area contributed by atoms with Crippen LogP contribution in [0.2, 0.25) is 0 Å². The van der Waals surface area contributed by atoms with E-state index in [0.29, 0.717) is 25.3 Å². The standard InChI is InChI=1S/C25H28N4O2/c1-20-7-9-22(10-8-20)19-29-24(30)12-11-23(26-29)25(31)28-17-15-27(16-18-28)14-13-21-5-3-2-4-6-21/h2-12H,13-19H2,1H3. The number of nitrogens with zero attached hydrogens (tertiary/aromatic N) is 4. The van der Waals surface area contributed by atoms with Crippen molar-refractivity contribution in [3.05, 3.63) is 99.5 Å². The predicted octanol–water partition coefficient (Wildman–Crippen LogP) is 2.60. The summed E-state index contributed by atoms with van der Waals surface area (Å²) in [5.41, 5.74) is 3.60. The van der Waals surface area contributed by atoms with Gasteiger partial charge in [0.15, 0.2) is 0 Å². The van der Waals surface area contributed by atoms with Crippen molar-refractivity contribution in [2.45, 2.75) is 19.9 Å². The third-order valence-corrected chi connectivity index (χ3v) is 5.76. The molecule has 1 amide bonds. The lowest BCUT2D eigenvalue weighted by Crippen LogP contribution is -2.49. The zero-order chi connectivity index (χ0) is 21.6. The van der Waals surface area contributed by atoms with Gasteiger partial charge in [0.05, 0.1) is 6.54 Å². The van der Waals surface area contributed by atoms with Gasteiger partial charge in [-0.3, -0.25) is 14.5 Å². The Kier molecular flexibility index (Phi) is 6.57. The maximum atomic E-state index is 13.0. The molecular weight excluding hydrogens is 388 g/mol. The van der Waals surface area contributed by atoms with E-state index in [1.807, 2.05) is 42.2 Å². The summed E-state index contributed by atoms with van der Waals surface area (Å²) in [5, 5.41) is 4.36. The second kappa shape index (κ2) is 9.71. The number of amides is 1. The molecule has 160 valence electrons. The van der Waals surface area contributed by atoms with E-state index in [0.717, 1.165) is 37.2 Å². The quantitative estimate of drug-likeness (QED) is 0.620. The number of aryl methyl sites for hydroxylation is 1. The van der Waals surface area contributed by atoms with Gasteiger partial charge < -0.3 is 4.90 Å².